The Kier molecular flexibility index (Phi) is 4.56. The summed E-state index contributed by atoms with van der Waals surface area (Å²) in [4.78, 5) is 6.53. The van der Waals surface area contributed by atoms with Crippen LogP contribution in [0.1, 0.15) is 18.1 Å². The maximum atomic E-state index is 5.79. The molecule has 2 aromatic rings. The Bertz CT molecular complexity index is 552. The predicted octanol–water partition coefficient (Wildman–Crippen LogP) is 3.63. The van der Waals surface area contributed by atoms with Crippen molar-refractivity contribution in [1.82, 2.24) is 4.98 Å². The molecule has 1 aromatic heterocycles. The molecule has 19 heavy (non-hydrogen) atoms. The molecule has 0 saturated carbocycles. The van der Waals surface area contributed by atoms with Crippen LogP contribution in [-0.4, -0.2) is 12.0 Å². The van der Waals surface area contributed by atoms with E-state index in [0.29, 0.717) is 6.54 Å². The van der Waals surface area contributed by atoms with Gasteiger partial charge in [0.2, 0.25) is 0 Å². The van der Waals surface area contributed by atoms with Crippen LogP contribution >= 0.6 is 15.9 Å². The van der Waals surface area contributed by atoms with Crippen LogP contribution in [0.25, 0.3) is 0 Å². The van der Waals surface area contributed by atoms with Crippen molar-refractivity contribution in [2.75, 3.05) is 11.9 Å². The smallest absolute Gasteiger partial charge is 0.137 e. The topological polar surface area (TPSA) is 42.2 Å². The van der Waals surface area contributed by atoms with Gasteiger partial charge in [-0.25, -0.2) is 4.98 Å². The summed E-state index contributed by atoms with van der Waals surface area (Å²) in [7, 11) is 2.01. The lowest BCUT2D eigenvalue weighted by Gasteiger charge is -2.21. The molecule has 1 aromatic carbocycles. The highest BCUT2D eigenvalue weighted by Crippen LogP contribution is 2.27. The molecule has 0 aliphatic rings. The second kappa shape index (κ2) is 6.17. The summed E-state index contributed by atoms with van der Waals surface area (Å²) in [5.74, 6) is 0.898. The summed E-state index contributed by atoms with van der Waals surface area (Å²) in [5, 5.41) is 0. The molecule has 1 heterocycles. The van der Waals surface area contributed by atoms with Gasteiger partial charge in [-0.3, -0.25) is 0 Å². The largest absolute Gasteiger partial charge is 0.329 e. The summed E-state index contributed by atoms with van der Waals surface area (Å²) in [5.41, 5.74) is 9.26. The van der Waals surface area contributed by atoms with Crippen molar-refractivity contribution in [1.29, 1.82) is 0 Å². The van der Waals surface area contributed by atoms with E-state index >= 15 is 0 Å². The fraction of sp³-hybridized carbons (Fsp3) is 0.267. The van der Waals surface area contributed by atoms with Gasteiger partial charge in [-0.15, -0.1) is 0 Å². The van der Waals surface area contributed by atoms with Crippen LogP contribution in [0.3, 0.4) is 0 Å². The first-order valence-corrected chi connectivity index (χ1v) is 7.12. The third-order valence-electron chi connectivity index (χ3n) is 3.18. The Morgan fingerprint density at radius 1 is 1.26 bits per heavy atom. The average Bonchev–Trinajstić information content (AvgIpc) is 2.46. The number of rotatable bonds is 4. The van der Waals surface area contributed by atoms with Gasteiger partial charge in [0.15, 0.2) is 0 Å². The first-order chi connectivity index (χ1) is 9.15. The van der Waals surface area contributed by atoms with Gasteiger partial charge in [-0.05, 0) is 46.1 Å². The standard InChI is InChI=1S/C15H18BrN3/c1-3-11-4-6-14(7-5-11)19(2)15-12(9-17)8-13(16)10-18-15/h4-8,10H,3,9,17H2,1-2H3. The van der Waals surface area contributed by atoms with E-state index in [0.717, 1.165) is 28.0 Å². The van der Waals surface area contributed by atoms with Crippen molar-refractivity contribution >= 4 is 27.4 Å². The van der Waals surface area contributed by atoms with Crippen molar-refractivity contribution in [3.05, 3.63) is 52.1 Å². The summed E-state index contributed by atoms with van der Waals surface area (Å²) >= 11 is 3.42. The van der Waals surface area contributed by atoms with Crippen LogP contribution in [0.5, 0.6) is 0 Å². The minimum Gasteiger partial charge on any atom is -0.329 e. The fourth-order valence-corrected chi connectivity index (χ4v) is 2.38. The van der Waals surface area contributed by atoms with E-state index in [-0.39, 0.29) is 0 Å². The predicted molar refractivity (Wildman–Crippen MR) is 83.7 cm³/mol. The van der Waals surface area contributed by atoms with Gasteiger partial charge >= 0.3 is 0 Å². The van der Waals surface area contributed by atoms with Crippen molar-refractivity contribution in [2.45, 2.75) is 19.9 Å². The molecule has 4 heteroatoms. The summed E-state index contributed by atoms with van der Waals surface area (Å²) in [6, 6.07) is 10.5. The Morgan fingerprint density at radius 2 is 1.95 bits per heavy atom. The van der Waals surface area contributed by atoms with E-state index < -0.39 is 0 Å². The van der Waals surface area contributed by atoms with E-state index in [4.69, 9.17) is 5.73 Å². The number of aryl methyl sites for hydroxylation is 1. The minimum absolute atomic E-state index is 0.471. The number of benzene rings is 1. The Hall–Kier alpha value is -1.39. The molecule has 0 bridgehead atoms. The molecule has 0 amide bonds. The molecule has 2 rings (SSSR count). The molecular weight excluding hydrogens is 302 g/mol. The normalized spacial score (nSPS) is 10.5. The highest BCUT2D eigenvalue weighted by Gasteiger charge is 2.10. The van der Waals surface area contributed by atoms with Crippen LogP contribution in [0.2, 0.25) is 0 Å². The molecule has 0 aliphatic heterocycles. The molecule has 0 saturated heterocycles. The number of nitrogens with two attached hydrogens (primary N) is 1. The molecule has 0 spiro atoms. The van der Waals surface area contributed by atoms with Crippen LogP contribution in [0.4, 0.5) is 11.5 Å². The molecule has 100 valence electrons. The molecular formula is C15H18BrN3. The third kappa shape index (κ3) is 3.14. The van der Waals surface area contributed by atoms with Gasteiger partial charge in [0.05, 0.1) is 0 Å². The molecule has 2 N–H and O–H groups in total. The number of nitrogens with zero attached hydrogens (tertiary/aromatic N) is 2. The first kappa shape index (κ1) is 14.0. The van der Waals surface area contributed by atoms with Crippen LogP contribution < -0.4 is 10.6 Å². The van der Waals surface area contributed by atoms with E-state index in [2.05, 4.69) is 57.0 Å². The van der Waals surface area contributed by atoms with E-state index in [1.165, 1.54) is 5.56 Å². The quantitative estimate of drug-likeness (QED) is 0.935. The number of anilines is 2. The SMILES string of the molecule is CCc1ccc(N(C)c2ncc(Br)cc2CN)cc1. The van der Waals surface area contributed by atoms with Gasteiger partial charge in [0.1, 0.15) is 5.82 Å². The highest BCUT2D eigenvalue weighted by molar-refractivity contribution is 9.10. The number of hydrogen-bond acceptors (Lipinski definition) is 3. The molecule has 0 radical (unpaired) electrons. The van der Waals surface area contributed by atoms with E-state index in [1.807, 2.05) is 13.1 Å². The maximum Gasteiger partial charge on any atom is 0.137 e. The monoisotopic (exact) mass is 319 g/mol. The first-order valence-electron chi connectivity index (χ1n) is 6.33. The van der Waals surface area contributed by atoms with Crippen molar-refractivity contribution < 1.29 is 0 Å². The number of halogens is 1. The summed E-state index contributed by atoms with van der Waals surface area (Å²) in [6.45, 7) is 2.63. The summed E-state index contributed by atoms with van der Waals surface area (Å²) < 4.78 is 0.950. The fourth-order valence-electron chi connectivity index (χ4n) is 2.00. The molecule has 0 aliphatic carbocycles. The lowest BCUT2D eigenvalue weighted by molar-refractivity contribution is 1.01. The Balaban J connectivity index is 2.34. The van der Waals surface area contributed by atoms with E-state index in [9.17, 15) is 0 Å². The van der Waals surface area contributed by atoms with Crippen LogP contribution in [0.15, 0.2) is 41.0 Å². The van der Waals surface area contributed by atoms with Gasteiger partial charge < -0.3 is 10.6 Å². The van der Waals surface area contributed by atoms with Gasteiger partial charge in [-0.1, -0.05) is 19.1 Å². The average molecular weight is 320 g/mol. The van der Waals surface area contributed by atoms with Gasteiger partial charge in [0.25, 0.3) is 0 Å². The minimum atomic E-state index is 0.471. The van der Waals surface area contributed by atoms with Crippen molar-refractivity contribution in [3.8, 4) is 0 Å². The van der Waals surface area contributed by atoms with Crippen molar-refractivity contribution in [2.24, 2.45) is 5.73 Å². The zero-order valence-corrected chi connectivity index (χ0v) is 12.8. The Labute approximate surface area is 122 Å². The van der Waals surface area contributed by atoms with E-state index in [1.54, 1.807) is 6.20 Å². The second-order valence-corrected chi connectivity index (χ2v) is 5.34. The Morgan fingerprint density at radius 3 is 2.53 bits per heavy atom. The number of aromatic nitrogens is 1. The third-order valence-corrected chi connectivity index (χ3v) is 3.61. The highest BCUT2D eigenvalue weighted by atomic mass is 79.9. The lowest BCUT2D eigenvalue weighted by Crippen LogP contribution is -2.15. The van der Waals surface area contributed by atoms with Gasteiger partial charge in [-0.2, -0.15) is 0 Å². The maximum absolute atomic E-state index is 5.79. The molecule has 0 fully saturated rings. The van der Waals surface area contributed by atoms with Gasteiger partial charge in [0, 0.05) is 35.5 Å². The number of pyridine rings is 1. The molecule has 0 unspecified atom stereocenters. The zero-order chi connectivity index (χ0) is 13.8. The number of hydrogen-bond donors (Lipinski definition) is 1. The summed E-state index contributed by atoms with van der Waals surface area (Å²) in [6.07, 6.45) is 2.85. The molecule has 0 atom stereocenters. The lowest BCUT2D eigenvalue weighted by atomic mass is 10.1. The van der Waals surface area contributed by atoms with Crippen molar-refractivity contribution in [3.63, 3.8) is 0 Å². The second-order valence-electron chi connectivity index (χ2n) is 4.42. The van der Waals surface area contributed by atoms with Crippen LogP contribution in [0, 0.1) is 0 Å². The van der Waals surface area contributed by atoms with Crippen LogP contribution in [-0.2, 0) is 13.0 Å². The zero-order valence-electron chi connectivity index (χ0n) is 11.2. The molecule has 3 nitrogen and oxygen atoms in total.